The Morgan fingerprint density at radius 1 is 1.11 bits per heavy atom. The molecule has 0 radical (unpaired) electrons. The van der Waals surface area contributed by atoms with Crippen LogP contribution in [0.1, 0.15) is 52.5 Å². The van der Waals surface area contributed by atoms with Crippen molar-refractivity contribution < 1.29 is 27.6 Å². The van der Waals surface area contributed by atoms with Gasteiger partial charge in [-0.2, -0.15) is 23.5 Å². The van der Waals surface area contributed by atoms with Gasteiger partial charge in [-0.05, 0) is 42.5 Å². The molecule has 1 aromatic carbocycles. The lowest BCUT2D eigenvalue weighted by molar-refractivity contribution is -0.141. The number of urea groups is 1. The van der Waals surface area contributed by atoms with Crippen molar-refractivity contribution in [1.29, 1.82) is 5.26 Å². The van der Waals surface area contributed by atoms with Crippen LogP contribution in [0.5, 0.6) is 0 Å². The van der Waals surface area contributed by atoms with E-state index in [0.717, 1.165) is 23.5 Å². The summed E-state index contributed by atoms with van der Waals surface area (Å²) in [4.78, 5) is 49.0. The smallest absolute Gasteiger partial charge is 0.335 e. The summed E-state index contributed by atoms with van der Waals surface area (Å²) >= 11 is 0. The summed E-state index contributed by atoms with van der Waals surface area (Å²) in [5.41, 5.74) is 6.23. The highest BCUT2D eigenvalue weighted by Gasteiger charge is 2.39. The van der Waals surface area contributed by atoms with Crippen LogP contribution in [0.25, 0.3) is 11.3 Å². The molecule has 3 N–H and O–H groups in total. The number of carbonyl (C=O) groups excluding carboxylic acids is 3. The number of rotatable bonds is 6. The van der Waals surface area contributed by atoms with Crippen LogP contribution in [-0.4, -0.2) is 97.2 Å². The number of anilines is 1. The standard InChI is InChI=1S/C31H37F3N10O3/c1-4-20-15-21(38-28(45)27-37-16-25(40(27)3)23-17-44(10-8-35)39-26(23)31(32,33)34)5-6-22(20)29(46)41-11-13-42(14-12-41)30(47)43-9-7-19(2)24(36)18-43/h5-6,15-17,19,24H,4,7,9-14,18,36H2,1-3H3,(H,38,45)/t19-,24+/m1/s1. The summed E-state index contributed by atoms with van der Waals surface area (Å²) in [6, 6.07) is 6.56. The van der Waals surface area contributed by atoms with Crippen LogP contribution in [0.3, 0.4) is 0 Å². The van der Waals surface area contributed by atoms with Crippen LogP contribution in [0.15, 0.2) is 30.6 Å². The van der Waals surface area contributed by atoms with Crippen LogP contribution in [0, 0.1) is 17.2 Å². The Hall–Kier alpha value is -4.91. The number of hydrogen-bond donors (Lipinski definition) is 2. The number of aromatic nitrogens is 4. The van der Waals surface area contributed by atoms with E-state index in [9.17, 15) is 27.6 Å². The van der Waals surface area contributed by atoms with Crippen molar-refractivity contribution in [1.82, 2.24) is 34.0 Å². The second-order valence-electron chi connectivity index (χ2n) is 11.9. The average molecular weight is 655 g/mol. The SMILES string of the molecule is CCc1cc(NC(=O)c2ncc(-c3cn(CC#N)nc3C(F)(F)F)n2C)ccc1C(=O)N1CCN(C(=O)N2CC[C@@H](C)[C@@H](N)C2)CC1. The number of carbonyl (C=O) groups is 3. The number of nitriles is 1. The summed E-state index contributed by atoms with van der Waals surface area (Å²) < 4.78 is 43.1. The first-order chi connectivity index (χ1) is 22.3. The van der Waals surface area contributed by atoms with E-state index in [0.29, 0.717) is 68.4 Å². The van der Waals surface area contributed by atoms with Crippen LogP contribution >= 0.6 is 0 Å². The fourth-order valence-electron chi connectivity index (χ4n) is 5.95. The predicted octanol–water partition coefficient (Wildman–Crippen LogP) is 3.19. The molecule has 0 unspecified atom stereocenters. The van der Waals surface area contributed by atoms with E-state index in [4.69, 9.17) is 11.0 Å². The first-order valence-corrected chi connectivity index (χ1v) is 15.4. The second kappa shape index (κ2) is 13.4. The van der Waals surface area contributed by atoms with Gasteiger partial charge >= 0.3 is 12.2 Å². The van der Waals surface area contributed by atoms with Gasteiger partial charge in [0.05, 0.1) is 23.5 Å². The minimum Gasteiger partial charge on any atom is -0.335 e. The Morgan fingerprint density at radius 2 is 1.81 bits per heavy atom. The van der Waals surface area contributed by atoms with Crippen molar-refractivity contribution in [2.45, 2.75) is 45.5 Å². The number of benzene rings is 1. The van der Waals surface area contributed by atoms with Crippen LogP contribution in [0.4, 0.5) is 23.7 Å². The number of nitrogens with two attached hydrogens (primary N) is 1. The Kier molecular flexibility index (Phi) is 9.57. The first-order valence-electron chi connectivity index (χ1n) is 15.4. The molecule has 16 heteroatoms. The summed E-state index contributed by atoms with van der Waals surface area (Å²) in [5, 5.41) is 15.1. The van der Waals surface area contributed by atoms with E-state index in [1.54, 1.807) is 39.0 Å². The number of likely N-dealkylation sites (tertiary alicyclic amines) is 1. The van der Waals surface area contributed by atoms with E-state index in [2.05, 4.69) is 22.3 Å². The van der Waals surface area contributed by atoms with Crippen molar-refractivity contribution in [2.24, 2.45) is 18.7 Å². The number of alkyl halides is 3. The highest BCUT2D eigenvalue weighted by molar-refractivity contribution is 6.03. The predicted molar refractivity (Wildman–Crippen MR) is 165 cm³/mol. The molecular formula is C31H37F3N10O3. The fourth-order valence-corrected chi connectivity index (χ4v) is 5.95. The number of halogens is 3. The minimum absolute atomic E-state index is 0.00208. The molecule has 2 aromatic heterocycles. The van der Waals surface area contributed by atoms with Gasteiger partial charge in [-0.25, -0.2) is 9.78 Å². The molecule has 2 aliphatic heterocycles. The number of hydrogen-bond acceptors (Lipinski definition) is 7. The third-order valence-electron chi connectivity index (χ3n) is 8.83. The van der Waals surface area contributed by atoms with Crippen molar-refractivity contribution in [3.63, 3.8) is 0 Å². The lowest BCUT2D eigenvalue weighted by Gasteiger charge is -2.41. The maximum absolute atomic E-state index is 13.7. The molecule has 5 rings (SSSR count). The largest absolute Gasteiger partial charge is 0.435 e. The van der Waals surface area contributed by atoms with Gasteiger partial charge in [-0.1, -0.05) is 13.8 Å². The van der Waals surface area contributed by atoms with Crippen molar-refractivity contribution >= 4 is 23.5 Å². The van der Waals surface area contributed by atoms with Crippen LogP contribution in [-0.2, 0) is 26.2 Å². The zero-order chi connectivity index (χ0) is 34.0. The van der Waals surface area contributed by atoms with Gasteiger partial charge in [0, 0.05) is 69.8 Å². The molecule has 4 heterocycles. The van der Waals surface area contributed by atoms with E-state index in [1.807, 2.05) is 6.92 Å². The molecule has 0 saturated carbocycles. The topological polar surface area (TPSA) is 158 Å². The van der Waals surface area contributed by atoms with Gasteiger partial charge in [0.15, 0.2) is 11.5 Å². The third-order valence-corrected chi connectivity index (χ3v) is 8.83. The summed E-state index contributed by atoms with van der Waals surface area (Å²) in [5.74, 6) is -0.612. The Balaban J connectivity index is 1.25. The lowest BCUT2D eigenvalue weighted by atomic mass is 9.94. The molecule has 47 heavy (non-hydrogen) atoms. The normalized spacial score (nSPS) is 18.6. The molecule has 4 amide bonds. The first kappa shape index (κ1) is 33.5. The highest BCUT2D eigenvalue weighted by Crippen LogP contribution is 2.36. The zero-order valence-electron chi connectivity index (χ0n) is 26.4. The molecule has 0 spiro atoms. The maximum atomic E-state index is 13.7. The van der Waals surface area contributed by atoms with Crippen molar-refractivity contribution in [3.05, 3.63) is 53.2 Å². The van der Waals surface area contributed by atoms with Crippen molar-refractivity contribution in [3.8, 4) is 17.3 Å². The zero-order valence-corrected chi connectivity index (χ0v) is 26.4. The molecule has 2 atom stereocenters. The number of imidazole rings is 1. The molecule has 2 aliphatic rings. The van der Waals surface area contributed by atoms with Crippen LogP contribution in [0.2, 0.25) is 0 Å². The van der Waals surface area contributed by atoms with E-state index >= 15 is 0 Å². The molecule has 250 valence electrons. The number of amides is 4. The molecule has 2 saturated heterocycles. The van der Waals surface area contributed by atoms with Gasteiger partial charge < -0.3 is 30.3 Å². The van der Waals surface area contributed by atoms with Gasteiger partial charge in [0.2, 0.25) is 0 Å². The number of aryl methyl sites for hydroxylation is 1. The third kappa shape index (κ3) is 6.94. The summed E-state index contributed by atoms with van der Waals surface area (Å²) in [6.45, 7) is 6.39. The van der Waals surface area contributed by atoms with Crippen LogP contribution < -0.4 is 11.1 Å². The number of piperidine rings is 1. The van der Waals surface area contributed by atoms with E-state index in [-0.39, 0.29) is 41.6 Å². The monoisotopic (exact) mass is 654 g/mol. The lowest BCUT2D eigenvalue weighted by Crippen LogP contribution is -2.57. The highest BCUT2D eigenvalue weighted by atomic mass is 19.4. The van der Waals surface area contributed by atoms with Gasteiger partial charge in [0.25, 0.3) is 11.8 Å². The Labute approximate surface area is 269 Å². The van der Waals surface area contributed by atoms with Gasteiger partial charge in [-0.3, -0.25) is 14.3 Å². The second-order valence-corrected chi connectivity index (χ2v) is 11.9. The number of nitrogens with one attached hydrogen (secondary N) is 1. The molecular weight excluding hydrogens is 617 g/mol. The Morgan fingerprint density at radius 3 is 2.45 bits per heavy atom. The van der Waals surface area contributed by atoms with Crippen molar-refractivity contribution in [2.75, 3.05) is 44.6 Å². The molecule has 0 aliphatic carbocycles. The minimum atomic E-state index is -4.79. The molecule has 0 bridgehead atoms. The summed E-state index contributed by atoms with van der Waals surface area (Å²) in [6.07, 6.45) is -1.19. The molecule has 13 nitrogen and oxygen atoms in total. The summed E-state index contributed by atoms with van der Waals surface area (Å²) in [7, 11) is 1.41. The fraction of sp³-hybridized carbons (Fsp3) is 0.484. The maximum Gasteiger partial charge on any atom is 0.435 e. The number of piperazine rings is 1. The van der Waals surface area contributed by atoms with Gasteiger partial charge in [-0.15, -0.1) is 0 Å². The van der Waals surface area contributed by atoms with E-state index < -0.39 is 17.8 Å². The number of nitrogens with zero attached hydrogens (tertiary/aromatic N) is 8. The average Bonchev–Trinajstić information content (AvgIpc) is 3.65. The van der Waals surface area contributed by atoms with Gasteiger partial charge in [0.1, 0.15) is 6.54 Å². The molecule has 3 aromatic rings. The Bertz CT molecular complexity index is 1700. The molecule has 2 fully saturated rings. The van der Waals surface area contributed by atoms with E-state index in [1.165, 1.54) is 11.6 Å². The quantitative estimate of drug-likeness (QED) is 0.413.